The van der Waals surface area contributed by atoms with E-state index in [0.29, 0.717) is 0 Å². The van der Waals surface area contributed by atoms with Crippen LogP contribution >= 0.6 is 0 Å². The Morgan fingerprint density at radius 1 is 0.259 bits per heavy atom. The van der Waals surface area contributed by atoms with Crippen molar-refractivity contribution >= 4 is 65.2 Å². The second-order valence-electron chi connectivity index (χ2n) is 25.3. The van der Waals surface area contributed by atoms with Gasteiger partial charge < -0.3 is 9.13 Å². The lowest BCUT2D eigenvalue weighted by molar-refractivity contribution is 0.649. The average molecular weight is 1040 g/mol. The quantitative estimate of drug-likeness (QED) is 0.166. The van der Waals surface area contributed by atoms with E-state index in [1.807, 2.05) is 0 Å². The fourth-order valence-electron chi connectivity index (χ4n) is 15.8. The molecule has 3 aliphatic carbocycles. The van der Waals surface area contributed by atoms with Gasteiger partial charge in [-0.25, -0.2) is 0 Å². The molecule has 3 aliphatic rings. The molecule has 0 saturated heterocycles. The zero-order valence-electron chi connectivity index (χ0n) is 47.2. The molecule has 0 unspecified atom stereocenters. The highest BCUT2D eigenvalue weighted by atomic mass is 15.0. The molecule has 0 fully saturated rings. The first-order valence-electron chi connectivity index (χ1n) is 29.0. The van der Waals surface area contributed by atoms with Crippen LogP contribution in [-0.4, -0.2) is 9.13 Å². The Bertz CT molecular complexity index is 4810. The largest absolute Gasteiger partial charge is 0.308 e. The van der Waals surface area contributed by atoms with Crippen molar-refractivity contribution in [1.29, 1.82) is 0 Å². The molecule has 14 aromatic rings. The Kier molecular flexibility index (Phi) is 9.21. The summed E-state index contributed by atoms with van der Waals surface area (Å²) in [5.41, 5.74) is 30.7. The van der Waals surface area contributed by atoms with Gasteiger partial charge in [0.2, 0.25) is 0 Å². The van der Waals surface area contributed by atoms with Gasteiger partial charge in [-0.05, 0) is 163 Å². The lowest BCUT2D eigenvalue weighted by Crippen LogP contribution is -2.17. The predicted molar refractivity (Wildman–Crippen MR) is 343 cm³/mol. The number of aryl methyl sites for hydroxylation is 2. The zero-order valence-corrected chi connectivity index (χ0v) is 47.2. The topological polar surface area (TPSA) is 9.86 Å². The van der Waals surface area contributed by atoms with Gasteiger partial charge in [0.15, 0.2) is 0 Å². The molecular weight excluding hydrogens is 977 g/mol. The summed E-state index contributed by atoms with van der Waals surface area (Å²) in [5.74, 6) is 0. The Morgan fingerprint density at radius 3 is 1.02 bits per heavy atom. The first-order chi connectivity index (χ1) is 39.3. The minimum absolute atomic E-state index is 0.246. The third kappa shape index (κ3) is 6.07. The van der Waals surface area contributed by atoms with Crippen LogP contribution in [0, 0.1) is 13.8 Å². The Hall–Kier alpha value is -9.24. The third-order valence-corrected chi connectivity index (χ3v) is 19.8. The molecular formula is C79H60N2. The van der Waals surface area contributed by atoms with Crippen LogP contribution in [0.25, 0.3) is 132 Å². The van der Waals surface area contributed by atoms with Crippen molar-refractivity contribution in [3.63, 3.8) is 0 Å². The molecule has 2 heterocycles. The van der Waals surface area contributed by atoms with Crippen molar-refractivity contribution in [1.82, 2.24) is 9.13 Å². The Balaban J connectivity index is 0.857. The number of hydrogen-bond donors (Lipinski definition) is 0. The van der Waals surface area contributed by atoms with Crippen molar-refractivity contribution in [3.8, 4) is 67.0 Å². The summed E-state index contributed by atoms with van der Waals surface area (Å²) in [6.07, 6.45) is 0. The van der Waals surface area contributed by atoms with E-state index in [2.05, 4.69) is 283 Å². The third-order valence-electron chi connectivity index (χ3n) is 19.8. The number of fused-ring (bicyclic) bond motifs is 19. The molecule has 2 nitrogen and oxygen atoms in total. The van der Waals surface area contributed by atoms with Gasteiger partial charge in [-0.2, -0.15) is 0 Å². The smallest absolute Gasteiger partial charge is 0.0619 e. The first kappa shape index (κ1) is 46.7. The highest BCUT2D eigenvalue weighted by Crippen LogP contribution is 2.62. The van der Waals surface area contributed by atoms with E-state index in [1.54, 1.807) is 0 Å². The molecule has 0 N–H and O–H groups in total. The van der Waals surface area contributed by atoms with Crippen molar-refractivity contribution in [2.75, 3.05) is 0 Å². The molecule has 0 radical (unpaired) electrons. The number of benzene rings is 12. The fourth-order valence-corrected chi connectivity index (χ4v) is 15.8. The van der Waals surface area contributed by atoms with Crippen LogP contribution < -0.4 is 0 Å². The predicted octanol–water partition coefficient (Wildman–Crippen LogP) is 21.1. The maximum atomic E-state index is 2.62. The summed E-state index contributed by atoms with van der Waals surface area (Å²) in [7, 11) is 0. The number of nitrogens with zero attached hydrogens (tertiary/aromatic N) is 2. The lowest BCUT2D eigenvalue weighted by Gasteiger charge is -2.25. The molecule has 2 heteroatoms. The second-order valence-corrected chi connectivity index (χ2v) is 25.3. The summed E-state index contributed by atoms with van der Waals surface area (Å²) in [6, 6.07) is 83.6. The van der Waals surface area contributed by atoms with Crippen molar-refractivity contribution in [2.45, 2.75) is 71.6 Å². The molecule has 12 aromatic carbocycles. The number of para-hydroxylation sites is 2. The van der Waals surface area contributed by atoms with Gasteiger partial charge in [0.25, 0.3) is 0 Å². The highest BCUT2D eigenvalue weighted by molar-refractivity contribution is 6.18. The SMILES string of the molecule is Cc1ccc2c(c1)c1cccc(-c3ccccc3)c1n2-c1cc2c(c3ccccc13)-c1cc3c(cc1C2(C)C)-c1cc2c(cc1C3(C)C)-c1c(cc(-n3c4ccc(C)cc4c4cccc(-c5ccccc5)c43)c3ccccc13)C2(C)C. The van der Waals surface area contributed by atoms with Crippen molar-refractivity contribution in [3.05, 3.63) is 263 Å². The van der Waals surface area contributed by atoms with Gasteiger partial charge in [0, 0.05) is 59.7 Å². The molecule has 0 aliphatic heterocycles. The molecule has 0 saturated carbocycles. The summed E-state index contributed by atoms with van der Waals surface area (Å²) in [5, 5.41) is 10.3. The summed E-state index contributed by atoms with van der Waals surface area (Å²) < 4.78 is 5.18. The van der Waals surface area contributed by atoms with Crippen molar-refractivity contribution < 1.29 is 0 Å². The van der Waals surface area contributed by atoms with Gasteiger partial charge in [-0.3, -0.25) is 0 Å². The van der Waals surface area contributed by atoms with E-state index in [9.17, 15) is 0 Å². The minimum Gasteiger partial charge on any atom is -0.308 e. The molecule has 81 heavy (non-hydrogen) atoms. The van der Waals surface area contributed by atoms with E-state index < -0.39 is 0 Å². The summed E-state index contributed by atoms with van der Waals surface area (Å²) in [4.78, 5) is 0. The van der Waals surface area contributed by atoms with Crippen LogP contribution in [0.5, 0.6) is 0 Å². The summed E-state index contributed by atoms with van der Waals surface area (Å²) >= 11 is 0. The normalized spacial score (nSPS) is 15.0. The molecule has 2 aromatic heterocycles. The zero-order chi connectivity index (χ0) is 54.6. The molecule has 0 spiro atoms. The molecule has 386 valence electrons. The maximum absolute atomic E-state index is 2.62. The van der Waals surface area contributed by atoms with Gasteiger partial charge in [-0.1, -0.05) is 210 Å². The van der Waals surface area contributed by atoms with E-state index >= 15 is 0 Å². The minimum atomic E-state index is -0.281. The van der Waals surface area contributed by atoms with Crippen LogP contribution in [0.2, 0.25) is 0 Å². The van der Waals surface area contributed by atoms with E-state index in [-0.39, 0.29) is 16.2 Å². The van der Waals surface area contributed by atoms with Gasteiger partial charge in [-0.15, -0.1) is 0 Å². The molecule has 0 bridgehead atoms. The van der Waals surface area contributed by atoms with Crippen LogP contribution in [-0.2, 0) is 16.2 Å². The van der Waals surface area contributed by atoms with E-state index in [4.69, 9.17) is 0 Å². The Labute approximate surface area is 473 Å². The van der Waals surface area contributed by atoms with Crippen LogP contribution in [0.1, 0.15) is 86.1 Å². The van der Waals surface area contributed by atoms with E-state index in [0.717, 1.165) is 0 Å². The number of aromatic nitrogens is 2. The molecule has 0 amide bonds. The molecule has 0 atom stereocenters. The Morgan fingerprint density at radius 2 is 0.605 bits per heavy atom. The summed E-state index contributed by atoms with van der Waals surface area (Å²) in [6.45, 7) is 19.3. The maximum Gasteiger partial charge on any atom is 0.0619 e. The van der Waals surface area contributed by atoms with Gasteiger partial charge in [0.1, 0.15) is 0 Å². The van der Waals surface area contributed by atoms with Crippen LogP contribution in [0.4, 0.5) is 0 Å². The van der Waals surface area contributed by atoms with Gasteiger partial charge in [0.05, 0.1) is 33.4 Å². The van der Waals surface area contributed by atoms with Crippen LogP contribution in [0.15, 0.2) is 218 Å². The lowest BCUT2D eigenvalue weighted by atomic mass is 9.78. The average Bonchev–Trinajstić information content (AvgIpc) is 4.40. The van der Waals surface area contributed by atoms with Gasteiger partial charge >= 0.3 is 0 Å². The first-order valence-corrected chi connectivity index (χ1v) is 29.0. The fraction of sp³-hybridized carbons (Fsp3) is 0.139. The number of hydrogen-bond acceptors (Lipinski definition) is 0. The van der Waals surface area contributed by atoms with E-state index in [1.165, 1.54) is 177 Å². The standard InChI is InChI=1S/C79H60N2/c1-45-33-35-69-59(37-45)55-31-19-29-49(47-21-11-9-12-22-47)75(55)80(69)71-43-67-73(53-27-17-15-25-51(53)71)61-41-63-57(39-65(61)78(67,5)6)58-40-66-62(42-64(58)77(63,3)4)74-54-28-18-16-26-52(54)72(44-68(74)79(66,7)8)81-70-36-34-46(2)38-60(70)56-32-20-30-50(76(56)81)48-23-13-10-14-24-48/h9-44H,1-8H3. The monoisotopic (exact) mass is 1040 g/mol. The van der Waals surface area contributed by atoms with Crippen molar-refractivity contribution in [2.24, 2.45) is 0 Å². The number of rotatable bonds is 4. The molecule has 17 rings (SSSR count). The highest BCUT2D eigenvalue weighted by Gasteiger charge is 2.46. The van der Waals surface area contributed by atoms with Crippen LogP contribution in [0.3, 0.4) is 0 Å². The second kappa shape index (κ2) is 16.0.